The zero-order valence-corrected chi connectivity index (χ0v) is 33.1. The van der Waals surface area contributed by atoms with Crippen LogP contribution in [0.4, 0.5) is 16.3 Å². The van der Waals surface area contributed by atoms with Gasteiger partial charge in [0.1, 0.15) is 36.9 Å². The van der Waals surface area contributed by atoms with Crippen LogP contribution >= 0.6 is 0 Å². The molecule has 0 bridgehead atoms. The van der Waals surface area contributed by atoms with Gasteiger partial charge in [-0.25, -0.2) is 14.8 Å². The number of carbonyl (C=O) groups is 5. The smallest absolute Gasteiger partial charge is 0.322 e. The fraction of sp³-hybridized carbons (Fsp3) is 0.261. The Morgan fingerprint density at radius 1 is 0.803 bits per heavy atom. The molecule has 15 heteroatoms. The van der Waals surface area contributed by atoms with E-state index in [2.05, 4.69) is 32.0 Å². The highest BCUT2D eigenvalue weighted by atomic mass is 16.5. The topological polar surface area (TPSA) is 196 Å². The highest BCUT2D eigenvalue weighted by Gasteiger charge is 2.46. The summed E-state index contributed by atoms with van der Waals surface area (Å²) in [6, 6.07) is 30.6. The van der Waals surface area contributed by atoms with Crippen LogP contribution in [0, 0.1) is 11.3 Å². The van der Waals surface area contributed by atoms with Gasteiger partial charge in [0.2, 0.25) is 17.7 Å². The highest BCUT2D eigenvalue weighted by Crippen LogP contribution is 2.34. The van der Waals surface area contributed by atoms with E-state index in [1.807, 2.05) is 71.6 Å². The Kier molecular flexibility index (Phi) is 11.9. The molecule has 4 heterocycles. The summed E-state index contributed by atoms with van der Waals surface area (Å²) < 4.78 is 11.7. The molecule has 308 valence electrons. The number of hydrogen-bond donors (Lipinski definition) is 3. The van der Waals surface area contributed by atoms with Crippen molar-refractivity contribution in [1.29, 1.82) is 5.26 Å². The number of nitrogens with zero attached hydrogens (tertiary/aromatic N) is 5. The van der Waals surface area contributed by atoms with Crippen LogP contribution in [-0.2, 0) is 16.1 Å². The average Bonchev–Trinajstić information content (AvgIpc) is 3.55. The van der Waals surface area contributed by atoms with Crippen molar-refractivity contribution in [3.63, 3.8) is 0 Å². The number of urea groups is 1. The maximum absolute atomic E-state index is 13.9. The first kappa shape index (κ1) is 40.2. The van der Waals surface area contributed by atoms with Gasteiger partial charge in [0.15, 0.2) is 0 Å². The average molecular weight is 819 g/mol. The Labute approximate surface area is 351 Å². The third-order valence-electron chi connectivity index (χ3n) is 11.0. The molecule has 3 N–H and O–H groups in total. The van der Waals surface area contributed by atoms with E-state index in [-0.39, 0.29) is 61.0 Å². The number of rotatable bonds is 13. The van der Waals surface area contributed by atoms with Crippen LogP contribution in [0.15, 0.2) is 109 Å². The summed E-state index contributed by atoms with van der Waals surface area (Å²) in [6.07, 6.45) is 6.63. The molecule has 1 saturated heterocycles. The third-order valence-corrected chi connectivity index (χ3v) is 11.0. The second-order valence-electron chi connectivity index (χ2n) is 15.0. The number of imide groups is 2. The molecule has 3 aromatic carbocycles. The number of aromatic nitrogens is 2. The van der Waals surface area contributed by atoms with Gasteiger partial charge >= 0.3 is 6.03 Å². The fourth-order valence-electron chi connectivity index (χ4n) is 7.94. The van der Waals surface area contributed by atoms with Gasteiger partial charge in [0.25, 0.3) is 11.8 Å². The quantitative estimate of drug-likeness (QED) is 0.0930. The number of amides is 6. The summed E-state index contributed by atoms with van der Waals surface area (Å²) in [4.78, 5) is 76.0. The molecule has 2 aromatic heterocycles. The predicted octanol–water partition coefficient (Wildman–Crippen LogP) is 6.01. The van der Waals surface area contributed by atoms with Crippen LogP contribution in [0.2, 0.25) is 0 Å². The van der Waals surface area contributed by atoms with Crippen molar-refractivity contribution in [2.45, 2.75) is 63.2 Å². The maximum atomic E-state index is 13.9. The molecule has 5 aromatic rings. The molecule has 1 saturated carbocycles. The van der Waals surface area contributed by atoms with Gasteiger partial charge in [0, 0.05) is 54.8 Å². The molecule has 0 radical (unpaired) electrons. The van der Waals surface area contributed by atoms with Crippen LogP contribution in [0.5, 0.6) is 11.6 Å². The summed E-state index contributed by atoms with van der Waals surface area (Å²) in [5.41, 5.74) is 4.26. The van der Waals surface area contributed by atoms with E-state index in [1.54, 1.807) is 36.7 Å². The Balaban J connectivity index is 0.875. The zero-order chi connectivity index (χ0) is 42.3. The SMILES string of the molecule is N#Cc1ccc(NC2CCC(N(C(=O)NCc3ccccc3)c3ccc(-c4ccc(OCCOc5cccc6c5C(=O)N(C5CCC(=O)NC5=O)C6=O)nc4)cc3)CC2)nc1. The van der Waals surface area contributed by atoms with Crippen molar-refractivity contribution in [3.8, 4) is 28.8 Å². The second-order valence-corrected chi connectivity index (χ2v) is 15.0. The molecule has 2 aliphatic heterocycles. The van der Waals surface area contributed by atoms with Crippen molar-refractivity contribution < 1.29 is 33.4 Å². The zero-order valence-electron chi connectivity index (χ0n) is 33.1. The van der Waals surface area contributed by atoms with Crippen molar-refractivity contribution in [1.82, 2.24) is 25.5 Å². The van der Waals surface area contributed by atoms with Gasteiger partial charge in [0.05, 0.1) is 16.7 Å². The number of hydrogen-bond acceptors (Lipinski definition) is 11. The van der Waals surface area contributed by atoms with E-state index in [0.717, 1.165) is 58.8 Å². The molecule has 15 nitrogen and oxygen atoms in total. The Morgan fingerprint density at radius 2 is 1.57 bits per heavy atom. The van der Waals surface area contributed by atoms with Gasteiger partial charge in [-0.05, 0) is 85.7 Å². The minimum Gasteiger partial charge on any atom is -0.489 e. The Bertz CT molecular complexity index is 2470. The van der Waals surface area contributed by atoms with Crippen molar-refractivity contribution >= 4 is 41.2 Å². The van der Waals surface area contributed by atoms with E-state index in [4.69, 9.17) is 14.7 Å². The summed E-state index contributed by atoms with van der Waals surface area (Å²) in [5, 5.41) is 17.9. The number of pyridine rings is 2. The van der Waals surface area contributed by atoms with E-state index < -0.39 is 29.7 Å². The van der Waals surface area contributed by atoms with Gasteiger partial charge in [-0.3, -0.25) is 34.3 Å². The summed E-state index contributed by atoms with van der Waals surface area (Å²) in [7, 11) is 0. The Morgan fingerprint density at radius 3 is 2.28 bits per heavy atom. The van der Waals surface area contributed by atoms with Crippen molar-refractivity contribution in [2.24, 2.45) is 0 Å². The van der Waals surface area contributed by atoms with Gasteiger partial charge in [-0.15, -0.1) is 0 Å². The predicted molar refractivity (Wildman–Crippen MR) is 224 cm³/mol. The van der Waals surface area contributed by atoms with Crippen LogP contribution in [-0.4, -0.2) is 75.9 Å². The molecule has 8 rings (SSSR count). The molecule has 3 aliphatic rings. The first-order valence-corrected chi connectivity index (χ1v) is 20.2. The number of nitriles is 1. The molecule has 1 unspecified atom stereocenters. The van der Waals surface area contributed by atoms with Crippen LogP contribution < -0.4 is 30.3 Å². The first-order chi connectivity index (χ1) is 29.7. The Hall–Kier alpha value is -7.60. The van der Waals surface area contributed by atoms with Crippen LogP contribution in [0.1, 0.15) is 70.4 Å². The summed E-state index contributed by atoms with van der Waals surface area (Å²) in [5.74, 6) is -1.10. The van der Waals surface area contributed by atoms with E-state index in [1.165, 1.54) is 6.07 Å². The number of ether oxygens (including phenoxy) is 2. The van der Waals surface area contributed by atoms with E-state index in [0.29, 0.717) is 18.0 Å². The maximum Gasteiger partial charge on any atom is 0.322 e. The standard InChI is InChI=1S/C46H42N8O7/c47-25-30-9-20-39(48-27-30)51-33-13-17-35(18-14-33)53(46(59)50-26-29-5-2-1-3-6-29)34-15-10-31(11-16-34)32-12-22-41(49-28-32)61-24-23-60-38-8-4-7-36-42(38)45(58)54(44(36)57)37-19-21-40(55)52-43(37)56/h1-12,15-16,20,22,27-28,33,35,37H,13-14,17-19,21,23-24,26H2,(H,48,51)(H,50,59)(H,52,55,56). The number of piperidine rings is 1. The molecule has 0 spiro atoms. The number of nitrogens with one attached hydrogen (secondary N) is 3. The lowest BCUT2D eigenvalue weighted by Gasteiger charge is -2.37. The van der Waals surface area contributed by atoms with Gasteiger partial charge in [-0.1, -0.05) is 48.5 Å². The molecular weight excluding hydrogens is 777 g/mol. The molecule has 1 atom stereocenters. The molecule has 6 amide bonds. The van der Waals surface area contributed by atoms with Gasteiger partial charge in [-0.2, -0.15) is 5.26 Å². The van der Waals surface area contributed by atoms with Gasteiger partial charge < -0.3 is 20.1 Å². The lowest BCUT2D eigenvalue weighted by atomic mass is 9.89. The largest absolute Gasteiger partial charge is 0.489 e. The second kappa shape index (κ2) is 18.1. The first-order valence-electron chi connectivity index (χ1n) is 20.2. The van der Waals surface area contributed by atoms with Crippen LogP contribution in [0.25, 0.3) is 11.1 Å². The number of benzene rings is 3. The fourth-order valence-corrected chi connectivity index (χ4v) is 7.94. The summed E-state index contributed by atoms with van der Waals surface area (Å²) in [6.45, 7) is 0.543. The lowest BCUT2D eigenvalue weighted by Crippen LogP contribution is -2.54. The number of anilines is 2. The molecule has 1 aliphatic carbocycles. The minimum atomic E-state index is -1.07. The third kappa shape index (κ3) is 9.03. The summed E-state index contributed by atoms with van der Waals surface area (Å²) >= 11 is 0. The van der Waals surface area contributed by atoms with Crippen molar-refractivity contribution in [2.75, 3.05) is 23.4 Å². The molecule has 2 fully saturated rings. The monoisotopic (exact) mass is 818 g/mol. The van der Waals surface area contributed by atoms with E-state index in [9.17, 15) is 24.0 Å². The van der Waals surface area contributed by atoms with Crippen LogP contribution in [0.3, 0.4) is 0 Å². The van der Waals surface area contributed by atoms with E-state index >= 15 is 0 Å². The lowest BCUT2D eigenvalue weighted by molar-refractivity contribution is -0.136. The number of fused-ring (bicyclic) bond motifs is 1. The van der Waals surface area contributed by atoms with Crippen molar-refractivity contribution in [3.05, 3.63) is 132 Å². The number of carbonyl (C=O) groups excluding carboxylic acids is 5. The highest BCUT2D eigenvalue weighted by molar-refractivity contribution is 6.24. The minimum absolute atomic E-state index is 0.0195. The molecule has 61 heavy (non-hydrogen) atoms. The normalized spacial score (nSPS) is 18.4. The molecular formula is C46H42N8O7.